The third-order valence-electron chi connectivity index (χ3n) is 2.14. The first-order chi connectivity index (χ1) is 7.08. The van der Waals surface area contributed by atoms with Gasteiger partial charge < -0.3 is 9.84 Å². The second-order valence-electron chi connectivity index (χ2n) is 3.18. The van der Waals surface area contributed by atoms with E-state index in [-0.39, 0.29) is 6.42 Å². The van der Waals surface area contributed by atoms with Crippen LogP contribution in [0.25, 0.3) is 0 Å². The van der Waals surface area contributed by atoms with Gasteiger partial charge in [0.05, 0.1) is 13.5 Å². The van der Waals surface area contributed by atoms with E-state index in [2.05, 4.69) is 15.9 Å². The Bertz CT molecular complexity index is 374. The fourth-order valence-electron chi connectivity index (χ4n) is 1.47. The average Bonchev–Trinajstić information content (AvgIpc) is 2.15. The minimum absolute atomic E-state index is 0.0129. The zero-order valence-corrected chi connectivity index (χ0v) is 10.3. The van der Waals surface area contributed by atoms with Crippen molar-refractivity contribution in [1.29, 1.82) is 0 Å². The van der Waals surface area contributed by atoms with Crippen LogP contribution in [-0.2, 0) is 17.6 Å². The molecular weight excluding hydrogens is 260 g/mol. The van der Waals surface area contributed by atoms with Gasteiger partial charge in [0, 0.05) is 10.0 Å². The van der Waals surface area contributed by atoms with E-state index in [1.807, 2.05) is 13.0 Å². The van der Waals surface area contributed by atoms with E-state index in [0.29, 0.717) is 0 Å². The molecule has 0 aliphatic heterocycles. The average molecular weight is 273 g/mol. The normalized spacial score (nSPS) is 10.1. The van der Waals surface area contributed by atoms with Gasteiger partial charge in [0.2, 0.25) is 0 Å². The molecule has 0 radical (unpaired) electrons. The number of methoxy groups -OCH3 is 1. The smallest absolute Gasteiger partial charge is 0.307 e. The van der Waals surface area contributed by atoms with Crippen molar-refractivity contribution in [2.45, 2.75) is 19.8 Å². The zero-order chi connectivity index (χ0) is 11.4. The largest absolute Gasteiger partial charge is 0.496 e. The van der Waals surface area contributed by atoms with Crippen LogP contribution >= 0.6 is 15.9 Å². The molecule has 0 unspecified atom stereocenters. The van der Waals surface area contributed by atoms with Gasteiger partial charge in [-0.2, -0.15) is 0 Å². The molecule has 0 saturated heterocycles. The quantitative estimate of drug-likeness (QED) is 0.917. The number of carbonyl (C=O) groups is 1. The third-order valence-corrected chi connectivity index (χ3v) is 2.85. The first-order valence-corrected chi connectivity index (χ1v) is 5.44. The van der Waals surface area contributed by atoms with Crippen LogP contribution in [0.15, 0.2) is 16.6 Å². The number of ether oxygens (including phenoxy) is 1. The second-order valence-corrected chi connectivity index (χ2v) is 4.04. The van der Waals surface area contributed by atoms with E-state index in [9.17, 15) is 4.79 Å². The van der Waals surface area contributed by atoms with Gasteiger partial charge >= 0.3 is 5.97 Å². The molecular formula is C11H13BrO3. The summed E-state index contributed by atoms with van der Waals surface area (Å²) in [7, 11) is 1.59. The lowest BCUT2D eigenvalue weighted by Crippen LogP contribution is -2.02. The van der Waals surface area contributed by atoms with Crippen LogP contribution < -0.4 is 4.74 Å². The van der Waals surface area contributed by atoms with Crippen molar-refractivity contribution in [3.05, 3.63) is 27.7 Å². The molecule has 1 rings (SSSR count). The van der Waals surface area contributed by atoms with Crippen molar-refractivity contribution in [2.75, 3.05) is 7.11 Å². The van der Waals surface area contributed by atoms with Gasteiger partial charge in [-0.15, -0.1) is 0 Å². The molecule has 0 bridgehead atoms. The standard InChI is InChI=1S/C11H13BrO3/c1-3-8-9(12)4-7(6-11(13)14)5-10(8)15-2/h4-5H,3,6H2,1-2H3,(H,13,14). The number of halogens is 1. The van der Waals surface area contributed by atoms with Crippen molar-refractivity contribution >= 4 is 21.9 Å². The van der Waals surface area contributed by atoms with Gasteiger partial charge in [-0.1, -0.05) is 22.9 Å². The molecule has 0 amide bonds. The topological polar surface area (TPSA) is 46.5 Å². The number of carboxylic acids is 1. The molecule has 4 heteroatoms. The van der Waals surface area contributed by atoms with Gasteiger partial charge in [-0.05, 0) is 24.1 Å². The van der Waals surface area contributed by atoms with E-state index in [1.54, 1.807) is 13.2 Å². The van der Waals surface area contributed by atoms with Gasteiger partial charge in [-0.3, -0.25) is 4.79 Å². The van der Waals surface area contributed by atoms with Crippen molar-refractivity contribution in [2.24, 2.45) is 0 Å². The first kappa shape index (κ1) is 12.0. The molecule has 3 nitrogen and oxygen atoms in total. The lowest BCUT2D eigenvalue weighted by Gasteiger charge is -2.10. The second kappa shape index (κ2) is 5.16. The van der Waals surface area contributed by atoms with E-state index in [1.165, 1.54) is 0 Å². The van der Waals surface area contributed by atoms with E-state index >= 15 is 0 Å². The van der Waals surface area contributed by atoms with Crippen LogP contribution in [0.1, 0.15) is 18.1 Å². The number of rotatable bonds is 4. The summed E-state index contributed by atoms with van der Waals surface area (Å²) in [6.45, 7) is 2.03. The molecule has 0 saturated carbocycles. The van der Waals surface area contributed by atoms with Crippen molar-refractivity contribution in [3.63, 3.8) is 0 Å². The Hall–Kier alpha value is -1.03. The maximum Gasteiger partial charge on any atom is 0.307 e. The Labute approximate surface area is 97.2 Å². The van der Waals surface area contributed by atoms with Gasteiger partial charge in [-0.25, -0.2) is 0 Å². The van der Waals surface area contributed by atoms with E-state index in [0.717, 1.165) is 27.8 Å². The highest BCUT2D eigenvalue weighted by atomic mass is 79.9. The Morgan fingerprint density at radius 2 is 2.20 bits per heavy atom. The summed E-state index contributed by atoms with van der Waals surface area (Å²) >= 11 is 3.42. The Balaban J connectivity index is 3.13. The van der Waals surface area contributed by atoms with E-state index in [4.69, 9.17) is 9.84 Å². The van der Waals surface area contributed by atoms with Gasteiger partial charge in [0.1, 0.15) is 5.75 Å². The Morgan fingerprint density at radius 3 is 2.67 bits per heavy atom. The van der Waals surface area contributed by atoms with Gasteiger partial charge in [0.25, 0.3) is 0 Å². The SMILES string of the molecule is CCc1c(Br)cc(CC(=O)O)cc1OC. The number of hydrogen-bond acceptors (Lipinski definition) is 2. The Morgan fingerprint density at radius 1 is 1.53 bits per heavy atom. The van der Waals surface area contributed by atoms with Crippen LogP contribution in [-0.4, -0.2) is 18.2 Å². The van der Waals surface area contributed by atoms with Crippen LogP contribution in [0.4, 0.5) is 0 Å². The lowest BCUT2D eigenvalue weighted by molar-refractivity contribution is -0.136. The first-order valence-electron chi connectivity index (χ1n) is 4.65. The monoisotopic (exact) mass is 272 g/mol. The maximum atomic E-state index is 10.6. The number of hydrogen-bond donors (Lipinski definition) is 1. The molecule has 82 valence electrons. The third kappa shape index (κ3) is 2.96. The molecule has 1 aromatic carbocycles. The number of aliphatic carboxylic acids is 1. The molecule has 0 heterocycles. The minimum Gasteiger partial charge on any atom is -0.496 e. The molecule has 0 spiro atoms. The van der Waals surface area contributed by atoms with Crippen LogP contribution in [0.2, 0.25) is 0 Å². The summed E-state index contributed by atoms with van der Waals surface area (Å²) in [5.74, 6) is -0.101. The van der Waals surface area contributed by atoms with Crippen LogP contribution in [0.3, 0.4) is 0 Å². The molecule has 0 aromatic heterocycles. The van der Waals surface area contributed by atoms with Crippen molar-refractivity contribution in [3.8, 4) is 5.75 Å². The summed E-state index contributed by atoms with van der Waals surface area (Å²) in [6.07, 6.45) is 0.857. The number of carboxylic acid groups (broad SMARTS) is 1. The molecule has 0 aliphatic rings. The fraction of sp³-hybridized carbons (Fsp3) is 0.364. The zero-order valence-electron chi connectivity index (χ0n) is 8.71. The summed E-state index contributed by atoms with van der Waals surface area (Å²) < 4.78 is 6.12. The summed E-state index contributed by atoms with van der Waals surface area (Å²) in [5.41, 5.74) is 1.80. The Kier molecular flexibility index (Phi) is 4.15. The van der Waals surface area contributed by atoms with Gasteiger partial charge in [0.15, 0.2) is 0 Å². The van der Waals surface area contributed by atoms with Crippen molar-refractivity contribution < 1.29 is 14.6 Å². The summed E-state index contributed by atoms with van der Waals surface area (Å²) in [4.78, 5) is 10.6. The molecule has 0 atom stereocenters. The van der Waals surface area contributed by atoms with E-state index < -0.39 is 5.97 Å². The molecule has 1 aromatic rings. The fourth-order valence-corrected chi connectivity index (χ4v) is 2.24. The molecule has 0 aliphatic carbocycles. The lowest BCUT2D eigenvalue weighted by atomic mass is 10.1. The highest BCUT2D eigenvalue weighted by Crippen LogP contribution is 2.29. The van der Waals surface area contributed by atoms with Crippen LogP contribution in [0, 0.1) is 0 Å². The molecule has 1 N–H and O–H groups in total. The molecule has 0 fully saturated rings. The predicted octanol–water partition coefficient (Wildman–Crippen LogP) is 2.65. The predicted molar refractivity (Wildman–Crippen MR) is 61.4 cm³/mol. The van der Waals surface area contributed by atoms with Crippen LogP contribution in [0.5, 0.6) is 5.75 Å². The summed E-state index contributed by atoms with van der Waals surface area (Å²) in [5, 5.41) is 8.69. The minimum atomic E-state index is -0.840. The summed E-state index contributed by atoms with van der Waals surface area (Å²) in [6, 6.07) is 3.60. The highest BCUT2D eigenvalue weighted by molar-refractivity contribution is 9.10. The maximum absolute atomic E-state index is 10.6. The molecule has 15 heavy (non-hydrogen) atoms. The highest BCUT2D eigenvalue weighted by Gasteiger charge is 2.10. The van der Waals surface area contributed by atoms with Crippen molar-refractivity contribution in [1.82, 2.24) is 0 Å². The number of benzene rings is 1.